The number of thiazole rings is 1. The molecule has 2 aromatic rings. The Morgan fingerprint density at radius 2 is 2.20 bits per heavy atom. The molecule has 1 aromatic heterocycles. The van der Waals surface area contributed by atoms with Crippen molar-refractivity contribution in [2.75, 3.05) is 0 Å². The predicted octanol–water partition coefficient (Wildman–Crippen LogP) is 3.31. The number of aromatic nitrogens is 1. The van der Waals surface area contributed by atoms with Gasteiger partial charge in [0, 0.05) is 27.5 Å². The molecule has 0 aliphatic heterocycles. The van der Waals surface area contributed by atoms with E-state index in [0.29, 0.717) is 6.42 Å². The molecule has 1 aromatic carbocycles. The summed E-state index contributed by atoms with van der Waals surface area (Å²) in [5.41, 5.74) is 1.07. The Morgan fingerprint density at radius 1 is 1.40 bits per heavy atom. The molecule has 0 atom stereocenters. The van der Waals surface area contributed by atoms with Crippen LogP contribution in [0.2, 0.25) is 0 Å². The van der Waals surface area contributed by atoms with Crippen LogP contribution in [0.3, 0.4) is 0 Å². The van der Waals surface area contributed by atoms with E-state index >= 15 is 0 Å². The average Bonchev–Trinajstić information content (AvgIpc) is 2.68. The molecule has 2 rings (SSSR count). The summed E-state index contributed by atoms with van der Waals surface area (Å²) in [6.45, 7) is 0. The van der Waals surface area contributed by atoms with E-state index in [9.17, 15) is 4.79 Å². The Balaban J connectivity index is 2.37. The summed E-state index contributed by atoms with van der Waals surface area (Å²) in [5.74, 6) is 0. The summed E-state index contributed by atoms with van der Waals surface area (Å²) < 4.78 is 1.03. The number of nitrogens with zero attached hydrogens (tertiary/aromatic N) is 1. The van der Waals surface area contributed by atoms with Crippen LogP contribution in [0.25, 0.3) is 10.6 Å². The summed E-state index contributed by atoms with van der Waals surface area (Å²) in [6.07, 6.45) is 3.10. The highest BCUT2D eigenvalue weighted by Gasteiger charge is 2.06. The van der Waals surface area contributed by atoms with Gasteiger partial charge in [0.15, 0.2) is 0 Å². The van der Waals surface area contributed by atoms with Crippen molar-refractivity contribution in [3.05, 3.63) is 39.8 Å². The molecule has 76 valence electrons. The van der Waals surface area contributed by atoms with Crippen LogP contribution in [-0.2, 0) is 11.2 Å². The first-order valence-corrected chi connectivity index (χ1v) is 6.05. The van der Waals surface area contributed by atoms with Gasteiger partial charge in [0.1, 0.15) is 11.3 Å². The third-order valence-corrected chi connectivity index (χ3v) is 3.69. The summed E-state index contributed by atoms with van der Waals surface area (Å²) in [6, 6.07) is 7.93. The van der Waals surface area contributed by atoms with Crippen LogP contribution >= 0.6 is 27.3 Å². The second-order valence-corrected chi connectivity index (χ2v) is 4.95. The molecule has 0 saturated carbocycles. The first-order chi connectivity index (χ1) is 7.31. The van der Waals surface area contributed by atoms with E-state index in [-0.39, 0.29) is 0 Å². The topological polar surface area (TPSA) is 30.0 Å². The number of halogens is 1. The van der Waals surface area contributed by atoms with Crippen molar-refractivity contribution in [2.24, 2.45) is 0 Å². The van der Waals surface area contributed by atoms with Crippen molar-refractivity contribution in [3.63, 3.8) is 0 Å². The molecular formula is C11H8BrNOS. The van der Waals surface area contributed by atoms with Crippen molar-refractivity contribution in [1.29, 1.82) is 0 Å². The summed E-state index contributed by atoms with van der Waals surface area (Å²) in [4.78, 5) is 15.6. The van der Waals surface area contributed by atoms with E-state index in [1.54, 1.807) is 17.5 Å². The number of hydrogen-bond acceptors (Lipinski definition) is 3. The van der Waals surface area contributed by atoms with Gasteiger partial charge in [-0.1, -0.05) is 34.1 Å². The predicted molar refractivity (Wildman–Crippen MR) is 65.0 cm³/mol. The fraction of sp³-hybridized carbons (Fsp3) is 0.0909. The van der Waals surface area contributed by atoms with Crippen molar-refractivity contribution in [2.45, 2.75) is 6.42 Å². The highest BCUT2D eigenvalue weighted by atomic mass is 79.9. The molecule has 0 aliphatic carbocycles. The fourth-order valence-electron chi connectivity index (χ4n) is 1.24. The van der Waals surface area contributed by atoms with Crippen molar-refractivity contribution in [1.82, 2.24) is 4.98 Å². The SMILES string of the molecule is O=CCc1cnc(-c2ccccc2Br)s1. The third-order valence-electron chi connectivity index (χ3n) is 1.94. The van der Waals surface area contributed by atoms with Gasteiger partial charge in [0.2, 0.25) is 0 Å². The van der Waals surface area contributed by atoms with Crippen LogP contribution in [0, 0.1) is 0 Å². The van der Waals surface area contributed by atoms with Crippen LogP contribution in [0.15, 0.2) is 34.9 Å². The second-order valence-electron chi connectivity index (χ2n) is 2.98. The first kappa shape index (κ1) is 10.5. The lowest BCUT2D eigenvalue weighted by atomic mass is 10.2. The highest BCUT2D eigenvalue weighted by molar-refractivity contribution is 9.10. The number of carbonyl (C=O) groups is 1. The van der Waals surface area contributed by atoms with E-state index in [1.165, 1.54) is 0 Å². The van der Waals surface area contributed by atoms with E-state index in [1.807, 2.05) is 24.3 Å². The molecule has 0 bridgehead atoms. The van der Waals surface area contributed by atoms with Crippen LogP contribution in [0.4, 0.5) is 0 Å². The lowest BCUT2D eigenvalue weighted by Crippen LogP contribution is -1.76. The molecule has 1 heterocycles. The minimum absolute atomic E-state index is 0.447. The average molecular weight is 282 g/mol. The summed E-state index contributed by atoms with van der Waals surface area (Å²) >= 11 is 5.03. The van der Waals surface area contributed by atoms with Crippen molar-refractivity contribution in [3.8, 4) is 10.6 Å². The van der Waals surface area contributed by atoms with Crippen LogP contribution in [-0.4, -0.2) is 11.3 Å². The largest absolute Gasteiger partial charge is 0.303 e. The van der Waals surface area contributed by atoms with E-state index in [0.717, 1.165) is 26.2 Å². The van der Waals surface area contributed by atoms with Gasteiger partial charge in [-0.25, -0.2) is 4.98 Å². The molecule has 0 fully saturated rings. The fourth-order valence-corrected chi connectivity index (χ4v) is 2.75. The second kappa shape index (κ2) is 4.68. The minimum atomic E-state index is 0.447. The van der Waals surface area contributed by atoms with Gasteiger partial charge in [0.05, 0.1) is 0 Å². The molecule has 15 heavy (non-hydrogen) atoms. The Labute approximate surface area is 100 Å². The van der Waals surface area contributed by atoms with E-state index < -0.39 is 0 Å². The van der Waals surface area contributed by atoms with Crippen molar-refractivity contribution < 1.29 is 4.79 Å². The molecular weight excluding hydrogens is 274 g/mol. The first-order valence-electron chi connectivity index (χ1n) is 4.44. The number of rotatable bonds is 3. The van der Waals surface area contributed by atoms with Gasteiger partial charge in [-0.05, 0) is 6.07 Å². The zero-order chi connectivity index (χ0) is 10.7. The third kappa shape index (κ3) is 2.33. The smallest absolute Gasteiger partial charge is 0.125 e. The monoisotopic (exact) mass is 281 g/mol. The molecule has 0 saturated heterocycles. The number of benzene rings is 1. The maximum absolute atomic E-state index is 10.4. The van der Waals surface area contributed by atoms with Gasteiger partial charge in [-0.15, -0.1) is 11.3 Å². The molecule has 0 spiro atoms. The van der Waals surface area contributed by atoms with E-state index in [2.05, 4.69) is 20.9 Å². The maximum Gasteiger partial charge on any atom is 0.125 e. The standard InChI is InChI=1S/C11H8BrNOS/c12-10-4-2-1-3-9(10)11-13-7-8(15-11)5-6-14/h1-4,6-7H,5H2. The maximum atomic E-state index is 10.4. The molecule has 0 radical (unpaired) electrons. The number of carbonyl (C=O) groups excluding carboxylic acids is 1. The Kier molecular flexibility index (Phi) is 3.28. The van der Waals surface area contributed by atoms with Gasteiger partial charge in [-0.3, -0.25) is 0 Å². The van der Waals surface area contributed by atoms with Crippen LogP contribution in [0.5, 0.6) is 0 Å². The van der Waals surface area contributed by atoms with Gasteiger partial charge < -0.3 is 4.79 Å². The molecule has 0 N–H and O–H groups in total. The van der Waals surface area contributed by atoms with Gasteiger partial charge in [-0.2, -0.15) is 0 Å². The van der Waals surface area contributed by atoms with E-state index in [4.69, 9.17) is 0 Å². The molecule has 2 nitrogen and oxygen atoms in total. The van der Waals surface area contributed by atoms with Gasteiger partial charge in [0.25, 0.3) is 0 Å². The van der Waals surface area contributed by atoms with Crippen LogP contribution in [0.1, 0.15) is 4.88 Å². The van der Waals surface area contributed by atoms with Gasteiger partial charge >= 0.3 is 0 Å². The number of hydrogen-bond donors (Lipinski definition) is 0. The highest BCUT2D eigenvalue weighted by Crippen LogP contribution is 2.31. The molecule has 0 amide bonds. The zero-order valence-electron chi connectivity index (χ0n) is 7.81. The minimum Gasteiger partial charge on any atom is -0.303 e. The lowest BCUT2D eigenvalue weighted by Gasteiger charge is -1.98. The number of aldehydes is 1. The molecule has 0 unspecified atom stereocenters. The lowest BCUT2D eigenvalue weighted by molar-refractivity contribution is -0.107. The molecule has 0 aliphatic rings. The van der Waals surface area contributed by atoms with Crippen molar-refractivity contribution >= 4 is 33.6 Å². The quantitative estimate of drug-likeness (QED) is 0.808. The summed E-state index contributed by atoms with van der Waals surface area (Å²) in [5, 5.41) is 0.944. The Hall–Kier alpha value is -1.000. The summed E-state index contributed by atoms with van der Waals surface area (Å²) in [7, 11) is 0. The normalized spacial score (nSPS) is 10.2. The zero-order valence-corrected chi connectivity index (χ0v) is 10.2. The molecule has 4 heteroatoms. The Bertz CT molecular complexity index is 481. The Morgan fingerprint density at radius 3 is 2.93 bits per heavy atom. The van der Waals surface area contributed by atoms with Crippen LogP contribution < -0.4 is 0 Å².